The van der Waals surface area contributed by atoms with Crippen molar-refractivity contribution in [3.8, 4) is 0 Å². The molecule has 11 heteroatoms. The number of esters is 1. The molecular formula is C71H135NO10. The molecular weight excluding hydrogens is 1030 g/mol. The van der Waals surface area contributed by atoms with Crippen molar-refractivity contribution in [3.05, 3.63) is 24.3 Å². The first-order valence-corrected chi connectivity index (χ1v) is 35.6. The minimum Gasteiger partial charge on any atom is -0.466 e. The largest absolute Gasteiger partial charge is 0.466 e. The predicted octanol–water partition coefficient (Wildman–Crippen LogP) is 18.0. The fraction of sp³-hybridized carbons (Fsp3) is 0.915. The Balaban J connectivity index is 1.90. The van der Waals surface area contributed by atoms with Gasteiger partial charge < -0.3 is 45.1 Å². The Labute approximate surface area is 505 Å². The topological polar surface area (TPSA) is 175 Å². The zero-order valence-corrected chi connectivity index (χ0v) is 53.7. The van der Waals surface area contributed by atoms with Crippen molar-refractivity contribution >= 4 is 11.9 Å². The first-order chi connectivity index (χ1) is 40.2. The summed E-state index contributed by atoms with van der Waals surface area (Å²) in [7, 11) is 0. The highest BCUT2D eigenvalue weighted by atomic mass is 16.7. The molecule has 6 N–H and O–H groups in total. The van der Waals surface area contributed by atoms with Crippen LogP contribution in [0.2, 0.25) is 0 Å². The number of allylic oxidation sites excluding steroid dienone is 3. The van der Waals surface area contributed by atoms with Gasteiger partial charge in [-0.15, -0.1) is 0 Å². The van der Waals surface area contributed by atoms with Gasteiger partial charge in [0.15, 0.2) is 6.29 Å². The highest BCUT2D eigenvalue weighted by molar-refractivity contribution is 5.76. The second-order valence-corrected chi connectivity index (χ2v) is 24.9. The molecule has 0 spiro atoms. The summed E-state index contributed by atoms with van der Waals surface area (Å²) in [6.45, 7) is 4.35. The summed E-state index contributed by atoms with van der Waals surface area (Å²) in [5.41, 5.74) is 0. The Bertz CT molecular complexity index is 1410. The fourth-order valence-corrected chi connectivity index (χ4v) is 11.4. The van der Waals surface area contributed by atoms with Gasteiger partial charge in [0.05, 0.1) is 32.0 Å². The molecule has 7 unspecified atom stereocenters. The summed E-state index contributed by atoms with van der Waals surface area (Å²) in [4.78, 5) is 25.1. The highest BCUT2D eigenvalue weighted by Gasteiger charge is 2.44. The van der Waals surface area contributed by atoms with E-state index in [2.05, 4.69) is 31.3 Å². The third kappa shape index (κ3) is 49.3. The quantitative estimate of drug-likeness (QED) is 0.0195. The summed E-state index contributed by atoms with van der Waals surface area (Å²) in [6.07, 6.45) is 66.1. The van der Waals surface area contributed by atoms with E-state index in [0.29, 0.717) is 19.4 Å². The van der Waals surface area contributed by atoms with E-state index in [-0.39, 0.29) is 18.5 Å². The number of amides is 1. The van der Waals surface area contributed by atoms with E-state index in [9.17, 15) is 35.1 Å². The van der Waals surface area contributed by atoms with E-state index >= 15 is 0 Å². The lowest BCUT2D eigenvalue weighted by molar-refractivity contribution is -0.302. The first-order valence-electron chi connectivity index (χ1n) is 35.6. The molecule has 0 aromatic rings. The first kappa shape index (κ1) is 78.2. The molecule has 0 bridgehead atoms. The Morgan fingerprint density at radius 2 is 0.780 bits per heavy atom. The van der Waals surface area contributed by atoms with Crippen molar-refractivity contribution in [1.29, 1.82) is 0 Å². The van der Waals surface area contributed by atoms with Gasteiger partial charge in [0.1, 0.15) is 24.4 Å². The Morgan fingerprint density at radius 1 is 0.439 bits per heavy atom. The van der Waals surface area contributed by atoms with Gasteiger partial charge in [-0.1, -0.05) is 308 Å². The van der Waals surface area contributed by atoms with E-state index in [1.807, 2.05) is 6.08 Å². The maximum atomic E-state index is 13.0. The van der Waals surface area contributed by atoms with Crippen LogP contribution >= 0.6 is 0 Å². The van der Waals surface area contributed by atoms with Gasteiger partial charge in [-0.05, 0) is 57.8 Å². The second-order valence-electron chi connectivity index (χ2n) is 24.9. The van der Waals surface area contributed by atoms with Crippen molar-refractivity contribution in [1.82, 2.24) is 5.32 Å². The molecule has 0 aromatic heterocycles. The summed E-state index contributed by atoms with van der Waals surface area (Å²) < 4.78 is 16.7. The van der Waals surface area contributed by atoms with Crippen molar-refractivity contribution in [2.24, 2.45) is 0 Å². The third-order valence-corrected chi connectivity index (χ3v) is 17.1. The molecule has 1 saturated heterocycles. The lowest BCUT2D eigenvalue weighted by Crippen LogP contribution is -2.60. The van der Waals surface area contributed by atoms with Crippen LogP contribution in [0.1, 0.15) is 354 Å². The minimum absolute atomic E-state index is 0.00617. The van der Waals surface area contributed by atoms with E-state index in [0.717, 1.165) is 57.8 Å². The lowest BCUT2D eigenvalue weighted by atomic mass is 9.99. The smallest absolute Gasteiger partial charge is 0.305 e. The van der Waals surface area contributed by atoms with Crippen molar-refractivity contribution in [2.75, 3.05) is 19.8 Å². The summed E-state index contributed by atoms with van der Waals surface area (Å²) >= 11 is 0. The van der Waals surface area contributed by atoms with E-state index < -0.39 is 49.5 Å². The normalized spacial score (nSPS) is 18.3. The third-order valence-electron chi connectivity index (χ3n) is 17.1. The molecule has 484 valence electrons. The lowest BCUT2D eigenvalue weighted by Gasteiger charge is -2.40. The molecule has 1 rings (SSSR count). The number of unbranched alkanes of at least 4 members (excludes halogenated alkanes) is 47. The van der Waals surface area contributed by atoms with Crippen LogP contribution in [0.5, 0.6) is 0 Å². The van der Waals surface area contributed by atoms with Crippen molar-refractivity contribution in [3.63, 3.8) is 0 Å². The van der Waals surface area contributed by atoms with Crippen LogP contribution in [0.4, 0.5) is 0 Å². The maximum absolute atomic E-state index is 13.0. The van der Waals surface area contributed by atoms with Gasteiger partial charge in [-0.25, -0.2) is 0 Å². The number of ether oxygens (including phenoxy) is 3. The molecule has 82 heavy (non-hydrogen) atoms. The van der Waals surface area contributed by atoms with Gasteiger partial charge in [0, 0.05) is 12.8 Å². The van der Waals surface area contributed by atoms with E-state index in [1.54, 1.807) is 6.08 Å². The number of nitrogens with one attached hydrogen (secondary N) is 1. The van der Waals surface area contributed by atoms with Crippen LogP contribution in [0.25, 0.3) is 0 Å². The van der Waals surface area contributed by atoms with Crippen molar-refractivity contribution < 1.29 is 49.3 Å². The fourth-order valence-electron chi connectivity index (χ4n) is 11.4. The van der Waals surface area contributed by atoms with E-state index in [1.165, 1.54) is 270 Å². The zero-order valence-electron chi connectivity index (χ0n) is 53.7. The molecule has 11 nitrogen and oxygen atoms in total. The molecule has 1 heterocycles. The Morgan fingerprint density at radius 3 is 1.17 bits per heavy atom. The molecule has 7 atom stereocenters. The monoisotopic (exact) mass is 1160 g/mol. The average Bonchev–Trinajstić information content (AvgIpc) is 3.63. The number of rotatable bonds is 63. The van der Waals surface area contributed by atoms with Crippen LogP contribution in [0.3, 0.4) is 0 Å². The standard InChI is InChI=1S/C71H135NO10/c1-3-5-7-9-11-13-14-15-16-17-30-33-36-39-43-47-51-55-59-67(76)80-60-56-52-48-44-40-37-34-31-28-26-24-22-20-18-19-21-23-25-27-29-32-35-38-42-46-50-54-58-66(75)72-63(64(74)57-53-49-45-41-12-10-8-6-4-2)62-81-71-70(79)69(78)68(77)65(61-73)82-71/h16-17,53,57,63-65,68-71,73-74,77-79H,3-15,18-52,54-56,58-62H2,1-2H3,(H,72,75)/b17-16-,57-53+. The van der Waals surface area contributed by atoms with Crippen LogP contribution in [0.15, 0.2) is 24.3 Å². The molecule has 1 amide bonds. The zero-order chi connectivity index (χ0) is 59.5. The molecule has 0 saturated carbocycles. The van der Waals surface area contributed by atoms with Gasteiger partial charge in [0.25, 0.3) is 0 Å². The van der Waals surface area contributed by atoms with Crippen LogP contribution in [-0.2, 0) is 23.8 Å². The van der Waals surface area contributed by atoms with Crippen molar-refractivity contribution in [2.45, 2.75) is 397 Å². The summed E-state index contributed by atoms with van der Waals surface area (Å²) in [6, 6.07) is -0.806. The van der Waals surface area contributed by atoms with Gasteiger partial charge in [-0.2, -0.15) is 0 Å². The van der Waals surface area contributed by atoms with Gasteiger partial charge >= 0.3 is 5.97 Å². The Hall–Kier alpha value is -1.86. The number of carbonyl (C=O) groups excluding carboxylic acids is 2. The van der Waals surface area contributed by atoms with Crippen LogP contribution < -0.4 is 5.32 Å². The van der Waals surface area contributed by atoms with Gasteiger partial charge in [-0.3, -0.25) is 9.59 Å². The molecule has 1 fully saturated rings. The van der Waals surface area contributed by atoms with E-state index in [4.69, 9.17) is 14.2 Å². The predicted molar refractivity (Wildman–Crippen MR) is 343 cm³/mol. The Kier molecular flexibility index (Phi) is 58.0. The average molecular weight is 1160 g/mol. The molecule has 0 radical (unpaired) electrons. The number of carbonyl (C=O) groups is 2. The van der Waals surface area contributed by atoms with Crippen LogP contribution in [0, 0.1) is 0 Å². The molecule has 1 aliphatic rings. The van der Waals surface area contributed by atoms with Crippen LogP contribution in [-0.4, -0.2) is 100 Å². The number of hydrogen-bond donors (Lipinski definition) is 6. The SMILES string of the molecule is CCCCCCCCC/C=C\CCCCCCCCCC(=O)OCCCCCCCCCCCCCCCCCCCCCCCCCCCCCC(=O)NC(COC1OC(CO)C(O)C(O)C1O)C(O)/C=C/CCCCCCCCC. The molecule has 1 aliphatic heterocycles. The summed E-state index contributed by atoms with van der Waals surface area (Å²) in [5.74, 6) is -0.173. The molecule has 0 aliphatic carbocycles. The number of hydrogen-bond acceptors (Lipinski definition) is 10. The maximum Gasteiger partial charge on any atom is 0.305 e. The molecule has 0 aromatic carbocycles. The number of aliphatic hydroxyl groups is 5. The minimum atomic E-state index is -1.57. The van der Waals surface area contributed by atoms with Gasteiger partial charge in [0.2, 0.25) is 5.91 Å². The second kappa shape index (κ2) is 60.8. The number of aliphatic hydroxyl groups excluding tert-OH is 5. The highest BCUT2D eigenvalue weighted by Crippen LogP contribution is 2.23. The summed E-state index contributed by atoms with van der Waals surface area (Å²) in [5, 5.41) is 54.3.